The summed E-state index contributed by atoms with van der Waals surface area (Å²) in [5, 5.41) is 11.5. The second-order valence-corrected chi connectivity index (χ2v) is 5.87. The maximum atomic E-state index is 11.8. The average Bonchev–Trinajstić information content (AvgIpc) is 2.33. The Morgan fingerprint density at radius 3 is 2.25 bits per heavy atom. The summed E-state index contributed by atoms with van der Waals surface area (Å²) in [5.41, 5.74) is 5.59. The minimum atomic E-state index is -0.787. The highest BCUT2D eigenvalue weighted by molar-refractivity contribution is 5.76. The molecule has 2 unspecified atom stereocenters. The number of carboxylic acids is 1. The van der Waals surface area contributed by atoms with Gasteiger partial charge in [-0.15, -0.1) is 0 Å². The Bertz CT molecular complexity index is 293. The Labute approximate surface area is 122 Å². The Morgan fingerprint density at radius 2 is 1.75 bits per heavy atom. The minimum absolute atomic E-state index is 0.0360. The third kappa shape index (κ3) is 9.78. The molecule has 0 aliphatic rings. The van der Waals surface area contributed by atoms with Crippen molar-refractivity contribution in [3.63, 3.8) is 0 Å². The lowest BCUT2D eigenvalue weighted by Gasteiger charge is -2.20. The molecule has 0 aliphatic carbocycles. The fourth-order valence-corrected chi connectivity index (χ4v) is 2.32. The van der Waals surface area contributed by atoms with E-state index in [1.807, 2.05) is 6.92 Å². The molecule has 0 aromatic rings. The van der Waals surface area contributed by atoms with Gasteiger partial charge in [-0.2, -0.15) is 0 Å². The van der Waals surface area contributed by atoms with Gasteiger partial charge >= 0.3 is 5.97 Å². The van der Waals surface area contributed by atoms with Crippen molar-refractivity contribution in [1.29, 1.82) is 0 Å². The maximum Gasteiger partial charge on any atom is 0.303 e. The molecule has 0 fully saturated rings. The zero-order chi connectivity index (χ0) is 15.5. The van der Waals surface area contributed by atoms with Gasteiger partial charge in [-0.05, 0) is 51.0 Å². The van der Waals surface area contributed by atoms with E-state index < -0.39 is 5.97 Å². The fraction of sp³-hybridized carbons (Fsp3) is 0.867. The topological polar surface area (TPSA) is 92.4 Å². The van der Waals surface area contributed by atoms with Crippen LogP contribution in [0.1, 0.15) is 59.3 Å². The predicted octanol–water partition coefficient (Wildman–Crippen LogP) is 2.15. The van der Waals surface area contributed by atoms with E-state index in [1.54, 1.807) is 0 Å². The Kier molecular flexibility index (Phi) is 10.1. The molecule has 0 bridgehead atoms. The van der Waals surface area contributed by atoms with Crippen molar-refractivity contribution in [2.75, 3.05) is 6.54 Å². The van der Waals surface area contributed by atoms with Gasteiger partial charge in [0, 0.05) is 18.9 Å². The summed E-state index contributed by atoms with van der Waals surface area (Å²) in [6.45, 7) is 6.90. The molecule has 0 heterocycles. The van der Waals surface area contributed by atoms with Crippen LogP contribution in [0.15, 0.2) is 0 Å². The number of rotatable bonds is 11. The minimum Gasteiger partial charge on any atom is -0.481 e. The predicted molar refractivity (Wildman–Crippen MR) is 80.3 cm³/mol. The molecule has 118 valence electrons. The number of carbonyl (C=O) groups excluding carboxylic acids is 1. The zero-order valence-corrected chi connectivity index (χ0v) is 13.0. The van der Waals surface area contributed by atoms with Crippen molar-refractivity contribution in [3.8, 4) is 0 Å². The van der Waals surface area contributed by atoms with Crippen LogP contribution in [-0.4, -0.2) is 29.6 Å². The summed E-state index contributed by atoms with van der Waals surface area (Å²) in [7, 11) is 0. The number of carbonyl (C=O) groups is 2. The van der Waals surface area contributed by atoms with E-state index in [-0.39, 0.29) is 18.4 Å². The first-order chi connectivity index (χ1) is 9.36. The monoisotopic (exact) mass is 286 g/mol. The van der Waals surface area contributed by atoms with E-state index in [9.17, 15) is 9.59 Å². The third-order valence-electron chi connectivity index (χ3n) is 3.66. The Morgan fingerprint density at radius 1 is 1.10 bits per heavy atom. The van der Waals surface area contributed by atoms with E-state index >= 15 is 0 Å². The molecular formula is C15H30N2O3. The van der Waals surface area contributed by atoms with E-state index in [4.69, 9.17) is 10.8 Å². The van der Waals surface area contributed by atoms with Crippen molar-refractivity contribution in [2.24, 2.45) is 17.6 Å². The summed E-state index contributed by atoms with van der Waals surface area (Å²) in [5.74, 6) is 0.299. The molecule has 0 saturated carbocycles. The summed E-state index contributed by atoms with van der Waals surface area (Å²) < 4.78 is 0. The van der Waals surface area contributed by atoms with Gasteiger partial charge < -0.3 is 16.2 Å². The first-order valence-electron chi connectivity index (χ1n) is 7.58. The molecule has 0 aliphatic heterocycles. The lowest BCUT2D eigenvalue weighted by Crippen LogP contribution is -2.33. The molecule has 20 heavy (non-hydrogen) atoms. The van der Waals surface area contributed by atoms with E-state index in [1.165, 1.54) is 0 Å². The molecule has 0 saturated heterocycles. The normalized spacial score (nSPS) is 14.1. The number of hydrogen-bond acceptors (Lipinski definition) is 3. The smallest absolute Gasteiger partial charge is 0.303 e. The number of amides is 1. The number of nitrogens with two attached hydrogens (primary N) is 1. The summed E-state index contributed by atoms with van der Waals surface area (Å²) >= 11 is 0. The molecule has 1 amide bonds. The summed E-state index contributed by atoms with van der Waals surface area (Å²) in [4.78, 5) is 22.2. The first-order valence-corrected chi connectivity index (χ1v) is 7.58. The molecule has 0 aromatic heterocycles. The molecular weight excluding hydrogens is 256 g/mol. The SMILES string of the molecule is CC(CCCC(=O)O)NC(=O)CCC(CCN)C(C)C. The van der Waals surface area contributed by atoms with Gasteiger partial charge in [-0.3, -0.25) is 9.59 Å². The van der Waals surface area contributed by atoms with Crippen LogP contribution in [0.3, 0.4) is 0 Å². The standard InChI is InChI=1S/C15H30N2O3/c1-11(2)13(9-10-16)7-8-14(18)17-12(3)5-4-6-15(19)20/h11-13H,4-10,16H2,1-3H3,(H,17,18)(H,19,20). The van der Waals surface area contributed by atoms with Crippen LogP contribution in [0.4, 0.5) is 0 Å². The second-order valence-electron chi connectivity index (χ2n) is 5.87. The maximum absolute atomic E-state index is 11.8. The average molecular weight is 286 g/mol. The summed E-state index contributed by atoms with van der Waals surface area (Å²) in [6.07, 6.45) is 3.80. The molecule has 0 rings (SSSR count). The van der Waals surface area contributed by atoms with Crippen LogP contribution >= 0.6 is 0 Å². The van der Waals surface area contributed by atoms with Gasteiger partial charge in [0.15, 0.2) is 0 Å². The van der Waals surface area contributed by atoms with Gasteiger partial charge in [0.1, 0.15) is 0 Å². The first kappa shape index (κ1) is 18.9. The van der Waals surface area contributed by atoms with E-state index in [0.29, 0.717) is 37.6 Å². The highest BCUT2D eigenvalue weighted by atomic mass is 16.4. The van der Waals surface area contributed by atoms with Crippen LogP contribution in [0.5, 0.6) is 0 Å². The number of aliphatic carboxylic acids is 1. The molecule has 0 aromatic carbocycles. The highest BCUT2D eigenvalue weighted by Gasteiger charge is 2.15. The Balaban J connectivity index is 3.88. The Hall–Kier alpha value is -1.10. The fourth-order valence-electron chi connectivity index (χ4n) is 2.32. The largest absolute Gasteiger partial charge is 0.481 e. The van der Waals surface area contributed by atoms with Crippen molar-refractivity contribution in [1.82, 2.24) is 5.32 Å². The quantitative estimate of drug-likeness (QED) is 0.542. The van der Waals surface area contributed by atoms with Crippen LogP contribution in [0.2, 0.25) is 0 Å². The molecule has 0 radical (unpaired) electrons. The molecule has 5 heteroatoms. The van der Waals surface area contributed by atoms with Gasteiger partial charge in [-0.1, -0.05) is 13.8 Å². The molecule has 2 atom stereocenters. The molecule has 5 nitrogen and oxygen atoms in total. The van der Waals surface area contributed by atoms with Crippen molar-refractivity contribution in [2.45, 2.75) is 65.3 Å². The van der Waals surface area contributed by atoms with Crippen LogP contribution in [0.25, 0.3) is 0 Å². The van der Waals surface area contributed by atoms with Gasteiger partial charge in [-0.25, -0.2) is 0 Å². The van der Waals surface area contributed by atoms with Gasteiger partial charge in [0.05, 0.1) is 0 Å². The highest BCUT2D eigenvalue weighted by Crippen LogP contribution is 2.20. The zero-order valence-electron chi connectivity index (χ0n) is 13.0. The lowest BCUT2D eigenvalue weighted by atomic mass is 9.88. The summed E-state index contributed by atoms with van der Waals surface area (Å²) in [6, 6.07) is 0.0360. The van der Waals surface area contributed by atoms with Crippen molar-refractivity contribution >= 4 is 11.9 Å². The second kappa shape index (κ2) is 10.7. The van der Waals surface area contributed by atoms with Crippen LogP contribution < -0.4 is 11.1 Å². The number of carboxylic acid groups (broad SMARTS) is 1. The van der Waals surface area contributed by atoms with Crippen molar-refractivity contribution in [3.05, 3.63) is 0 Å². The van der Waals surface area contributed by atoms with Gasteiger partial charge in [0.2, 0.25) is 5.91 Å². The number of hydrogen-bond donors (Lipinski definition) is 3. The number of nitrogens with one attached hydrogen (secondary N) is 1. The van der Waals surface area contributed by atoms with E-state index in [0.717, 1.165) is 12.8 Å². The van der Waals surface area contributed by atoms with Crippen LogP contribution in [-0.2, 0) is 9.59 Å². The van der Waals surface area contributed by atoms with Crippen LogP contribution in [0, 0.1) is 11.8 Å². The lowest BCUT2D eigenvalue weighted by molar-refractivity contribution is -0.137. The molecule has 4 N–H and O–H groups in total. The molecule has 0 spiro atoms. The van der Waals surface area contributed by atoms with Crippen molar-refractivity contribution < 1.29 is 14.7 Å². The van der Waals surface area contributed by atoms with E-state index in [2.05, 4.69) is 19.2 Å². The van der Waals surface area contributed by atoms with Gasteiger partial charge in [0.25, 0.3) is 0 Å². The third-order valence-corrected chi connectivity index (χ3v) is 3.66.